The minimum atomic E-state index is -0.101. The van der Waals surface area contributed by atoms with Crippen LogP contribution >= 0.6 is 0 Å². The van der Waals surface area contributed by atoms with E-state index < -0.39 is 0 Å². The number of aromatic nitrogens is 5. The lowest BCUT2D eigenvalue weighted by molar-refractivity contribution is 0.327. The Hall–Kier alpha value is -1.76. The minimum absolute atomic E-state index is 0.101. The minimum Gasteiger partial charge on any atom is -0.423 e. The van der Waals surface area contributed by atoms with Gasteiger partial charge in [-0.05, 0) is 12.3 Å². The van der Waals surface area contributed by atoms with E-state index >= 15 is 0 Å². The fraction of sp³-hybridized carbons (Fsp3) is 0.750. The Morgan fingerprint density at radius 1 is 1.22 bits per heavy atom. The monoisotopic (exact) mass is 318 g/mol. The summed E-state index contributed by atoms with van der Waals surface area (Å²) in [4.78, 5) is 0. The Morgan fingerprint density at radius 3 is 2.74 bits per heavy atom. The average Bonchev–Trinajstić information content (AvgIpc) is 3.13. The number of rotatable bonds is 5. The first-order valence-corrected chi connectivity index (χ1v) is 8.42. The Bertz CT molecular complexity index is 640. The second-order valence-electron chi connectivity index (χ2n) is 7.28. The second kappa shape index (κ2) is 6.39. The number of aryl methyl sites for hydroxylation is 2. The highest BCUT2D eigenvalue weighted by molar-refractivity contribution is 5.00. The molecule has 0 amide bonds. The molecule has 1 aliphatic rings. The zero-order valence-electron chi connectivity index (χ0n) is 14.5. The van der Waals surface area contributed by atoms with Crippen molar-refractivity contribution in [3.63, 3.8) is 0 Å². The van der Waals surface area contributed by atoms with Crippen molar-refractivity contribution < 1.29 is 4.42 Å². The van der Waals surface area contributed by atoms with E-state index in [-0.39, 0.29) is 5.41 Å². The van der Waals surface area contributed by atoms with Gasteiger partial charge in [0.05, 0.1) is 6.54 Å². The Kier molecular flexibility index (Phi) is 4.48. The van der Waals surface area contributed by atoms with E-state index in [0.717, 1.165) is 44.0 Å². The molecule has 2 aromatic heterocycles. The van der Waals surface area contributed by atoms with Crippen LogP contribution in [0.1, 0.15) is 57.5 Å². The zero-order valence-corrected chi connectivity index (χ0v) is 14.5. The van der Waals surface area contributed by atoms with E-state index in [4.69, 9.17) is 4.42 Å². The van der Waals surface area contributed by atoms with Crippen LogP contribution < -0.4 is 5.32 Å². The first-order valence-electron chi connectivity index (χ1n) is 8.42. The molecule has 0 unspecified atom stereocenters. The van der Waals surface area contributed by atoms with Crippen molar-refractivity contribution in [2.75, 3.05) is 6.54 Å². The van der Waals surface area contributed by atoms with Crippen LogP contribution in [-0.2, 0) is 31.3 Å². The number of nitrogens with one attached hydrogen (secondary N) is 1. The Balaban J connectivity index is 1.51. The molecule has 23 heavy (non-hydrogen) atoms. The molecule has 0 aliphatic carbocycles. The van der Waals surface area contributed by atoms with Gasteiger partial charge in [0.2, 0.25) is 11.8 Å². The summed E-state index contributed by atoms with van der Waals surface area (Å²) in [6, 6.07) is 0. The van der Waals surface area contributed by atoms with Crippen molar-refractivity contribution in [1.82, 2.24) is 30.3 Å². The van der Waals surface area contributed by atoms with E-state index in [1.807, 2.05) is 0 Å². The smallest absolute Gasteiger partial charge is 0.230 e. The van der Waals surface area contributed by atoms with Gasteiger partial charge in [-0.3, -0.25) is 0 Å². The number of hydrogen-bond donors (Lipinski definition) is 1. The van der Waals surface area contributed by atoms with E-state index in [2.05, 4.69) is 58.0 Å². The van der Waals surface area contributed by atoms with Gasteiger partial charge in [-0.2, -0.15) is 0 Å². The maximum atomic E-state index is 5.71. The molecule has 0 aromatic carbocycles. The van der Waals surface area contributed by atoms with Gasteiger partial charge in [-0.1, -0.05) is 27.7 Å². The van der Waals surface area contributed by atoms with E-state index in [1.165, 1.54) is 0 Å². The van der Waals surface area contributed by atoms with Gasteiger partial charge in [-0.25, -0.2) is 0 Å². The summed E-state index contributed by atoms with van der Waals surface area (Å²) in [5.74, 6) is 4.16. The van der Waals surface area contributed by atoms with Gasteiger partial charge in [0, 0.05) is 31.3 Å². The van der Waals surface area contributed by atoms with Crippen molar-refractivity contribution >= 4 is 0 Å². The molecular formula is C16H26N6O. The summed E-state index contributed by atoms with van der Waals surface area (Å²) in [5.41, 5.74) is -0.101. The summed E-state index contributed by atoms with van der Waals surface area (Å²) in [7, 11) is 0. The molecule has 0 radical (unpaired) electrons. The van der Waals surface area contributed by atoms with Crippen LogP contribution in [0.25, 0.3) is 0 Å². The Labute approximate surface area is 136 Å². The standard InChI is InChI=1S/C16H26N6O/c1-5-12-18-19-13-7-6-11(10-22(12)13)8-17-9-14-20-21-15(23-14)16(2,3)4/h11,17H,5-10H2,1-4H3/t11-/m0/s1. The molecule has 3 heterocycles. The van der Waals surface area contributed by atoms with Crippen molar-refractivity contribution in [3.8, 4) is 0 Å². The lowest BCUT2D eigenvalue weighted by Crippen LogP contribution is -2.30. The largest absolute Gasteiger partial charge is 0.423 e. The number of hydrogen-bond acceptors (Lipinski definition) is 6. The first kappa shape index (κ1) is 16.1. The zero-order chi connectivity index (χ0) is 16.4. The van der Waals surface area contributed by atoms with Crippen molar-refractivity contribution in [1.29, 1.82) is 0 Å². The van der Waals surface area contributed by atoms with Gasteiger partial charge >= 0.3 is 0 Å². The predicted octanol–water partition coefficient (Wildman–Crippen LogP) is 1.87. The molecule has 0 saturated carbocycles. The second-order valence-corrected chi connectivity index (χ2v) is 7.28. The SMILES string of the molecule is CCc1nnc2n1C[C@H](CNCc1nnc(C(C)(C)C)o1)CC2. The van der Waals surface area contributed by atoms with Crippen LogP contribution in [0.5, 0.6) is 0 Å². The van der Waals surface area contributed by atoms with Crippen molar-refractivity contribution in [2.24, 2.45) is 5.92 Å². The normalized spacial score (nSPS) is 18.2. The lowest BCUT2D eigenvalue weighted by atomic mass is 9.97. The predicted molar refractivity (Wildman–Crippen MR) is 85.9 cm³/mol. The molecule has 1 atom stereocenters. The third-order valence-corrected chi connectivity index (χ3v) is 4.25. The molecule has 3 rings (SSSR count). The van der Waals surface area contributed by atoms with E-state index in [0.29, 0.717) is 24.2 Å². The average molecular weight is 318 g/mol. The quantitative estimate of drug-likeness (QED) is 0.906. The molecule has 0 spiro atoms. The topological polar surface area (TPSA) is 81.7 Å². The molecule has 7 heteroatoms. The van der Waals surface area contributed by atoms with Crippen LogP contribution in [0.15, 0.2) is 4.42 Å². The molecule has 1 N–H and O–H groups in total. The van der Waals surface area contributed by atoms with E-state index in [9.17, 15) is 0 Å². The summed E-state index contributed by atoms with van der Waals surface area (Å²) >= 11 is 0. The molecular weight excluding hydrogens is 292 g/mol. The molecule has 0 fully saturated rings. The highest BCUT2D eigenvalue weighted by atomic mass is 16.4. The fourth-order valence-corrected chi connectivity index (χ4v) is 2.89. The summed E-state index contributed by atoms with van der Waals surface area (Å²) < 4.78 is 7.99. The van der Waals surface area contributed by atoms with Crippen LogP contribution in [0.4, 0.5) is 0 Å². The first-order chi connectivity index (χ1) is 11.0. The van der Waals surface area contributed by atoms with Crippen LogP contribution in [0.3, 0.4) is 0 Å². The molecule has 2 aromatic rings. The van der Waals surface area contributed by atoms with Crippen LogP contribution in [0.2, 0.25) is 0 Å². The van der Waals surface area contributed by atoms with Gasteiger partial charge in [0.25, 0.3) is 0 Å². The third-order valence-electron chi connectivity index (χ3n) is 4.25. The van der Waals surface area contributed by atoms with E-state index in [1.54, 1.807) is 0 Å². The van der Waals surface area contributed by atoms with Crippen LogP contribution in [0, 0.1) is 5.92 Å². The summed E-state index contributed by atoms with van der Waals surface area (Å²) in [6.07, 6.45) is 3.09. The lowest BCUT2D eigenvalue weighted by Gasteiger charge is -2.24. The third kappa shape index (κ3) is 3.60. The maximum absolute atomic E-state index is 5.71. The molecule has 0 bridgehead atoms. The van der Waals surface area contributed by atoms with Gasteiger partial charge in [0.15, 0.2) is 0 Å². The van der Waals surface area contributed by atoms with Gasteiger partial charge in [-0.15, -0.1) is 20.4 Å². The van der Waals surface area contributed by atoms with Crippen molar-refractivity contribution in [3.05, 3.63) is 23.4 Å². The fourth-order valence-electron chi connectivity index (χ4n) is 2.89. The summed E-state index contributed by atoms with van der Waals surface area (Å²) in [6.45, 7) is 10.9. The summed E-state index contributed by atoms with van der Waals surface area (Å²) in [5, 5.41) is 20.2. The maximum Gasteiger partial charge on any atom is 0.230 e. The number of nitrogens with zero attached hydrogens (tertiary/aromatic N) is 5. The highest BCUT2D eigenvalue weighted by Crippen LogP contribution is 2.21. The molecule has 7 nitrogen and oxygen atoms in total. The van der Waals surface area contributed by atoms with Gasteiger partial charge in [0.1, 0.15) is 11.6 Å². The number of fused-ring (bicyclic) bond motifs is 1. The van der Waals surface area contributed by atoms with Crippen molar-refractivity contribution in [2.45, 2.75) is 65.5 Å². The molecule has 1 aliphatic heterocycles. The molecule has 0 saturated heterocycles. The Morgan fingerprint density at radius 2 is 2.04 bits per heavy atom. The molecule has 126 valence electrons. The highest BCUT2D eigenvalue weighted by Gasteiger charge is 2.23. The van der Waals surface area contributed by atoms with Gasteiger partial charge < -0.3 is 14.3 Å². The van der Waals surface area contributed by atoms with Crippen LogP contribution in [-0.4, -0.2) is 31.5 Å².